The van der Waals surface area contributed by atoms with Crippen LogP contribution in [-0.4, -0.2) is 12.9 Å². The first-order valence-corrected chi connectivity index (χ1v) is 4.76. The maximum absolute atomic E-state index is 13.2. The summed E-state index contributed by atoms with van der Waals surface area (Å²) < 4.78 is 17.9. The van der Waals surface area contributed by atoms with Crippen LogP contribution in [0.2, 0.25) is 0 Å². The molecule has 0 spiro atoms. The number of hydrogen-bond donors (Lipinski definition) is 1. The van der Waals surface area contributed by atoms with E-state index in [-0.39, 0.29) is 17.2 Å². The Hall–Kier alpha value is -1.58. The Bertz CT molecular complexity index is 377. The van der Waals surface area contributed by atoms with Crippen LogP contribution in [0, 0.1) is 5.82 Å². The average Bonchev–Trinajstić information content (AvgIpc) is 2.18. The second-order valence-electron chi connectivity index (χ2n) is 3.25. The first-order chi connectivity index (χ1) is 7.10. The van der Waals surface area contributed by atoms with Crippen molar-refractivity contribution < 1.29 is 13.9 Å². The summed E-state index contributed by atoms with van der Waals surface area (Å²) in [6, 6.07) is 2.46. The number of ether oxygens (including phenoxy) is 1. The number of halogens is 1. The normalized spacial score (nSPS) is 10.1. The van der Waals surface area contributed by atoms with Gasteiger partial charge in [0.25, 0.3) is 0 Å². The maximum atomic E-state index is 13.2. The van der Waals surface area contributed by atoms with Crippen LogP contribution < -0.4 is 10.5 Å². The average molecular weight is 211 g/mol. The van der Waals surface area contributed by atoms with Gasteiger partial charge in [-0.05, 0) is 12.5 Å². The molecule has 3 nitrogen and oxygen atoms in total. The monoisotopic (exact) mass is 211 g/mol. The van der Waals surface area contributed by atoms with Crippen LogP contribution in [-0.2, 0) is 0 Å². The predicted octanol–water partition coefficient (Wildman–Crippen LogP) is 2.40. The van der Waals surface area contributed by atoms with E-state index in [0.29, 0.717) is 12.0 Å². The Morgan fingerprint density at radius 3 is 2.73 bits per heavy atom. The van der Waals surface area contributed by atoms with Gasteiger partial charge in [0, 0.05) is 23.7 Å². The molecule has 0 atom stereocenters. The smallest absolute Gasteiger partial charge is 0.167 e. The molecule has 0 aliphatic heterocycles. The fourth-order valence-corrected chi connectivity index (χ4v) is 1.33. The Morgan fingerprint density at radius 1 is 1.53 bits per heavy atom. The molecule has 0 saturated carbocycles. The van der Waals surface area contributed by atoms with Crippen LogP contribution in [0.5, 0.6) is 5.75 Å². The van der Waals surface area contributed by atoms with Crippen molar-refractivity contribution in [2.24, 2.45) is 0 Å². The second-order valence-corrected chi connectivity index (χ2v) is 3.25. The highest BCUT2D eigenvalue weighted by atomic mass is 19.1. The van der Waals surface area contributed by atoms with Crippen molar-refractivity contribution in [2.75, 3.05) is 12.8 Å². The summed E-state index contributed by atoms with van der Waals surface area (Å²) in [5.41, 5.74) is 6.05. The molecule has 82 valence electrons. The molecule has 0 unspecified atom stereocenters. The highest BCUT2D eigenvalue weighted by molar-refractivity contribution is 6.01. The van der Waals surface area contributed by atoms with Gasteiger partial charge in [0.2, 0.25) is 0 Å². The second kappa shape index (κ2) is 4.77. The van der Waals surface area contributed by atoms with E-state index in [1.165, 1.54) is 13.2 Å². The molecule has 4 heteroatoms. The van der Waals surface area contributed by atoms with Gasteiger partial charge < -0.3 is 10.5 Å². The molecule has 0 aromatic heterocycles. The first-order valence-electron chi connectivity index (χ1n) is 4.76. The zero-order chi connectivity index (χ0) is 11.4. The third-order valence-electron chi connectivity index (χ3n) is 2.10. The SMILES string of the molecule is CCCC(=O)c1cc(OC)c(F)cc1N. The third kappa shape index (κ3) is 2.46. The van der Waals surface area contributed by atoms with Crippen molar-refractivity contribution in [3.63, 3.8) is 0 Å². The summed E-state index contributed by atoms with van der Waals surface area (Å²) in [4.78, 5) is 11.6. The van der Waals surface area contributed by atoms with Crippen molar-refractivity contribution in [2.45, 2.75) is 19.8 Å². The molecule has 15 heavy (non-hydrogen) atoms. The van der Waals surface area contributed by atoms with E-state index in [1.54, 1.807) is 0 Å². The van der Waals surface area contributed by atoms with Gasteiger partial charge in [0.1, 0.15) is 0 Å². The van der Waals surface area contributed by atoms with Crippen LogP contribution >= 0.6 is 0 Å². The lowest BCUT2D eigenvalue weighted by atomic mass is 10.0. The Morgan fingerprint density at radius 2 is 2.20 bits per heavy atom. The van der Waals surface area contributed by atoms with Crippen LogP contribution in [0.4, 0.5) is 10.1 Å². The van der Waals surface area contributed by atoms with Gasteiger partial charge >= 0.3 is 0 Å². The summed E-state index contributed by atoms with van der Waals surface area (Å²) in [6.07, 6.45) is 1.14. The van der Waals surface area contributed by atoms with E-state index >= 15 is 0 Å². The fourth-order valence-electron chi connectivity index (χ4n) is 1.33. The van der Waals surface area contributed by atoms with E-state index in [9.17, 15) is 9.18 Å². The van der Waals surface area contributed by atoms with Crippen molar-refractivity contribution in [1.82, 2.24) is 0 Å². The van der Waals surface area contributed by atoms with E-state index in [1.807, 2.05) is 6.92 Å². The molecule has 0 heterocycles. The van der Waals surface area contributed by atoms with Gasteiger partial charge in [0.05, 0.1) is 7.11 Å². The van der Waals surface area contributed by atoms with Crippen molar-refractivity contribution >= 4 is 11.5 Å². The quantitative estimate of drug-likeness (QED) is 0.614. The first kappa shape index (κ1) is 11.5. The number of nitrogen functional groups attached to an aromatic ring is 1. The lowest BCUT2D eigenvalue weighted by molar-refractivity contribution is 0.0982. The maximum Gasteiger partial charge on any atom is 0.167 e. The number of Topliss-reactive ketones (excluding diaryl/α,β-unsaturated/α-hetero) is 1. The number of carbonyl (C=O) groups excluding carboxylic acids is 1. The number of carbonyl (C=O) groups is 1. The number of ketones is 1. The highest BCUT2D eigenvalue weighted by Crippen LogP contribution is 2.25. The summed E-state index contributed by atoms with van der Waals surface area (Å²) in [5, 5.41) is 0. The van der Waals surface area contributed by atoms with Crippen LogP contribution in [0.3, 0.4) is 0 Å². The third-order valence-corrected chi connectivity index (χ3v) is 2.10. The molecule has 1 aromatic rings. The van der Waals surface area contributed by atoms with Gasteiger partial charge in [-0.1, -0.05) is 6.92 Å². The van der Waals surface area contributed by atoms with E-state index in [4.69, 9.17) is 10.5 Å². The molecular weight excluding hydrogens is 197 g/mol. The largest absolute Gasteiger partial charge is 0.494 e. The molecule has 0 saturated heterocycles. The molecule has 0 amide bonds. The van der Waals surface area contributed by atoms with Crippen molar-refractivity contribution in [3.8, 4) is 5.75 Å². The van der Waals surface area contributed by atoms with Crippen molar-refractivity contribution in [3.05, 3.63) is 23.5 Å². The molecule has 2 N–H and O–H groups in total. The van der Waals surface area contributed by atoms with Crippen LogP contribution in [0.1, 0.15) is 30.1 Å². The van der Waals surface area contributed by atoms with Gasteiger partial charge in [-0.25, -0.2) is 4.39 Å². The number of benzene rings is 1. The van der Waals surface area contributed by atoms with Gasteiger partial charge in [0.15, 0.2) is 17.3 Å². The van der Waals surface area contributed by atoms with Gasteiger partial charge in [-0.15, -0.1) is 0 Å². The minimum absolute atomic E-state index is 0.0450. The van der Waals surface area contributed by atoms with Crippen LogP contribution in [0.15, 0.2) is 12.1 Å². The number of hydrogen-bond acceptors (Lipinski definition) is 3. The number of methoxy groups -OCH3 is 1. The lowest BCUT2D eigenvalue weighted by Gasteiger charge is -2.07. The fraction of sp³-hybridized carbons (Fsp3) is 0.364. The van der Waals surface area contributed by atoms with Gasteiger partial charge in [-0.3, -0.25) is 4.79 Å². The van der Waals surface area contributed by atoms with E-state index < -0.39 is 5.82 Å². The zero-order valence-corrected chi connectivity index (χ0v) is 8.84. The lowest BCUT2D eigenvalue weighted by Crippen LogP contribution is -2.05. The highest BCUT2D eigenvalue weighted by Gasteiger charge is 2.13. The number of rotatable bonds is 4. The number of anilines is 1. The summed E-state index contributed by atoms with van der Waals surface area (Å²) in [7, 11) is 1.35. The summed E-state index contributed by atoms with van der Waals surface area (Å²) in [6.45, 7) is 1.90. The van der Waals surface area contributed by atoms with Crippen LogP contribution in [0.25, 0.3) is 0 Å². The standard InChI is InChI=1S/C11H14FNO2/c1-3-4-10(14)7-5-11(15-2)8(12)6-9(7)13/h5-6H,3-4,13H2,1-2H3. The molecule has 0 aliphatic rings. The van der Waals surface area contributed by atoms with E-state index in [2.05, 4.69) is 0 Å². The molecule has 1 aromatic carbocycles. The van der Waals surface area contributed by atoms with E-state index in [0.717, 1.165) is 12.5 Å². The minimum Gasteiger partial charge on any atom is -0.494 e. The molecular formula is C11H14FNO2. The van der Waals surface area contributed by atoms with Gasteiger partial charge in [-0.2, -0.15) is 0 Å². The Labute approximate surface area is 88.0 Å². The minimum atomic E-state index is -0.553. The Balaban J connectivity index is 3.12. The van der Waals surface area contributed by atoms with Crippen molar-refractivity contribution in [1.29, 1.82) is 0 Å². The number of nitrogens with two attached hydrogens (primary N) is 1. The predicted molar refractivity (Wildman–Crippen MR) is 56.6 cm³/mol. The summed E-state index contributed by atoms with van der Waals surface area (Å²) in [5.74, 6) is -0.597. The molecule has 1 rings (SSSR count). The Kier molecular flexibility index (Phi) is 3.66. The molecule has 0 bridgehead atoms. The molecule has 0 fully saturated rings. The molecule has 0 aliphatic carbocycles. The topological polar surface area (TPSA) is 52.3 Å². The zero-order valence-electron chi connectivity index (χ0n) is 8.84. The summed E-state index contributed by atoms with van der Waals surface area (Å²) >= 11 is 0. The molecule has 0 radical (unpaired) electrons.